The van der Waals surface area contributed by atoms with Crippen LogP contribution in [0.5, 0.6) is 0 Å². The molecule has 35 heavy (non-hydrogen) atoms. The fraction of sp³-hybridized carbons (Fsp3) is 0.391. The summed E-state index contributed by atoms with van der Waals surface area (Å²) in [6.45, 7) is 4.29. The van der Waals surface area contributed by atoms with E-state index in [4.69, 9.17) is 23.2 Å². The first-order chi connectivity index (χ1) is 16.2. The van der Waals surface area contributed by atoms with Gasteiger partial charge in [0.15, 0.2) is 0 Å². The molecule has 0 bridgehead atoms. The lowest BCUT2D eigenvalue weighted by Crippen LogP contribution is -2.53. The van der Waals surface area contributed by atoms with Crippen molar-refractivity contribution in [1.29, 1.82) is 0 Å². The third kappa shape index (κ3) is 7.30. The molecule has 0 aromatic heterocycles. The van der Waals surface area contributed by atoms with E-state index in [1.807, 2.05) is 0 Å². The second kappa shape index (κ2) is 12.0. The molecule has 0 aliphatic rings. The van der Waals surface area contributed by atoms with E-state index in [-0.39, 0.29) is 23.3 Å². The maximum absolute atomic E-state index is 14.6. The Bertz CT molecular complexity index is 1180. The quantitative estimate of drug-likeness (QED) is 0.492. The van der Waals surface area contributed by atoms with Gasteiger partial charge in [0.2, 0.25) is 11.8 Å². The number of hydrogen-bond acceptors (Lipinski definition) is 4. The van der Waals surface area contributed by atoms with Crippen molar-refractivity contribution in [1.82, 2.24) is 14.5 Å². The van der Waals surface area contributed by atoms with Crippen LogP contribution < -0.4 is 9.62 Å². The normalized spacial score (nSPS) is 12.5. The van der Waals surface area contributed by atoms with Crippen molar-refractivity contribution in [2.75, 3.05) is 24.9 Å². The van der Waals surface area contributed by atoms with Crippen LogP contribution >= 0.6 is 23.2 Å². The molecule has 0 radical (unpaired) electrons. The molecule has 1 N–H and O–H groups in total. The van der Waals surface area contributed by atoms with Gasteiger partial charge in [-0.1, -0.05) is 41.4 Å². The van der Waals surface area contributed by atoms with Gasteiger partial charge >= 0.3 is 10.2 Å². The van der Waals surface area contributed by atoms with Crippen LogP contribution in [0, 0.1) is 5.82 Å². The summed E-state index contributed by atoms with van der Waals surface area (Å²) in [6, 6.07) is 8.85. The van der Waals surface area contributed by atoms with Gasteiger partial charge in [-0.05, 0) is 50.6 Å². The van der Waals surface area contributed by atoms with Crippen LogP contribution in [0.1, 0.15) is 26.3 Å². The number of benzene rings is 2. The largest absolute Gasteiger partial charge is 0.352 e. The lowest BCUT2D eigenvalue weighted by atomic mass is 10.1. The number of nitrogens with one attached hydrogen (secondary N) is 1. The summed E-state index contributed by atoms with van der Waals surface area (Å²) < 4.78 is 42.2. The topological polar surface area (TPSA) is 90.0 Å². The van der Waals surface area contributed by atoms with Crippen molar-refractivity contribution in [2.24, 2.45) is 0 Å². The van der Waals surface area contributed by atoms with Crippen LogP contribution in [0.15, 0.2) is 42.5 Å². The van der Waals surface area contributed by atoms with Crippen molar-refractivity contribution >= 4 is 50.9 Å². The Labute approximate surface area is 215 Å². The minimum Gasteiger partial charge on any atom is -0.352 e. The predicted molar refractivity (Wildman–Crippen MR) is 136 cm³/mol. The average Bonchev–Trinajstić information content (AvgIpc) is 2.77. The number of hydrogen-bond donors (Lipinski definition) is 1. The zero-order valence-electron chi connectivity index (χ0n) is 20.1. The van der Waals surface area contributed by atoms with Gasteiger partial charge in [-0.2, -0.15) is 12.7 Å². The fourth-order valence-corrected chi connectivity index (χ4v) is 4.56. The van der Waals surface area contributed by atoms with E-state index in [1.54, 1.807) is 32.0 Å². The second-order valence-corrected chi connectivity index (χ2v) is 11.2. The van der Waals surface area contributed by atoms with Gasteiger partial charge in [-0.15, -0.1) is 0 Å². The standard InChI is InChI=1S/C23H29Cl2FN4O4S/c1-15(2)27-23(32)16(3)29(13-17-10-11-18(24)19(25)12-17)22(31)14-30(35(33,34)28(4)5)21-9-7-6-8-20(21)26/h6-12,15-16H,13-14H2,1-5H3,(H,27,32)/t16-/m1/s1. The van der Waals surface area contributed by atoms with Crippen molar-refractivity contribution in [3.8, 4) is 0 Å². The molecule has 0 aliphatic carbocycles. The van der Waals surface area contributed by atoms with Gasteiger partial charge in [0.1, 0.15) is 18.4 Å². The molecule has 0 fully saturated rings. The van der Waals surface area contributed by atoms with E-state index in [2.05, 4.69) is 5.32 Å². The second-order valence-electron chi connectivity index (χ2n) is 8.36. The summed E-state index contributed by atoms with van der Waals surface area (Å²) in [5.74, 6) is -1.95. The Hall–Kier alpha value is -2.40. The first-order valence-corrected chi connectivity index (χ1v) is 12.9. The van der Waals surface area contributed by atoms with Gasteiger partial charge in [-0.25, -0.2) is 8.70 Å². The number of carbonyl (C=O) groups excluding carboxylic acids is 2. The Balaban J connectivity index is 2.49. The van der Waals surface area contributed by atoms with Crippen LogP contribution in [0.2, 0.25) is 10.0 Å². The summed E-state index contributed by atoms with van der Waals surface area (Å²) >= 11 is 12.1. The average molecular weight is 547 g/mol. The Kier molecular flexibility index (Phi) is 9.91. The summed E-state index contributed by atoms with van der Waals surface area (Å²) in [5.41, 5.74) is 0.285. The maximum atomic E-state index is 14.6. The first-order valence-electron chi connectivity index (χ1n) is 10.7. The third-order valence-electron chi connectivity index (χ3n) is 5.08. The van der Waals surface area contributed by atoms with E-state index in [0.717, 1.165) is 10.4 Å². The van der Waals surface area contributed by atoms with Crippen molar-refractivity contribution < 1.29 is 22.4 Å². The number of halogens is 3. The minimum atomic E-state index is -4.25. The van der Waals surface area contributed by atoms with Crippen LogP contribution in [0.25, 0.3) is 0 Å². The summed E-state index contributed by atoms with van der Waals surface area (Å²) in [7, 11) is -1.70. The number of amides is 2. The Morgan fingerprint density at radius 1 is 1.03 bits per heavy atom. The molecule has 1 atom stereocenters. The monoisotopic (exact) mass is 546 g/mol. The van der Waals surface area contributed by atoms with Crippen LogP contribution in [0.4, 0.5) is 10.1 Å². The molecule has 2 amide bonds. The molecule has 8 nitrogen and oxygen atoms in total. The van der Waals surface area contributed by atoms with E-state index < -0.39 is 40.4 Å². The molecule has 0 saturated heterocycles. The maximum Gasteiger partial charge on any atom is 0.304 e. The molecular formula is C23H29Cl2FN4O4S. The highest BCUT2D eigenvalue weighted by Crippen LogP contribution is 2.26. The molecule has 0 aliphatic heterocycles. The first kappa shape index (κ1) is 28.8. The molecule has 0 saturated carbocycles. The predicted octanol–water partition coefficient (Wildman–Crippen LogP) is 3.69. The van der Waals surface area contributed by atoms with Crippen LogP contribution in [-0.2, 0) is 26.3 Å². The molecular weight excluding hydrogens is 518 g/mol. The Morgan fingerprint density at radius 3 is 2.20 bits per heavy atom. The number of anilines is 1. The third-order valence-corrected chi connectivity index (χ3v) is 7.62. The SMILES string of the molecule is CC(C)NC(=O)[C@@H](C)N(Cc1ccc(Cl)c(Cl)c1)C(=O)CN(c1ccccc1F)S(=O)(=O)N(C)C. The highest BCUT2D eigenvalue weighted by Gasteiger charge is 2.33. The summed E-state index contributed by atoms with van der Waals surface area (Å²) in [6.07, 6.45) is 0. The Morgan fingerprint density at radius 2 is 1.66 bits per heavy atom. The van der Waals surface area contributed by atoms with E-state index >= 15 is 0 Å². The minimum absolute atomic E-state index is 0.0600. The summed E-state index contributed by atoms with van der Waals surface area (Å²) in [5, 5.41) is 3.33. The van der Waals surface area contributed by atoms with Crippen molar-refractivity contribution in [3.63, 3.8) is 0 Å². The van der Waals surface area contributed by atoms with Gasteiger partial charge in [0.05, 0.1) is 15.7 Å². The van der Waals surface area contributed by atoms with Crippen LogP contribution in [-0.4, -0.2) is 62.2 Å². The number of carbonyl (C=O) groups is 2. The molecule has 2 rings (SSSR count). The molecule has 192 valence electrons. The molecule has 0 heterocycles. The molecule has 2 aromatic carbocycles. The zero-order chi connectivity index (χ0) is 26.5. The lowest BCUT2D eigenvalue weighted by molar-refractivity contribution is -0.139. The molecule has 12 heteroatoms. The zero-order valence-corrected chi connectivity index (χ0v) is 22.5. The van der Waals surface area contributed by atoms with Crippen molar-refractivity contribution in [2.45, 2.75) is 39.4 Å². The molecule has 2 aromatic rings. The smallest absolute Gasteiger partial charge is 0.304 e. The lowest BCUT2D eigenvalue weighted by Gasteiger charge is -2.33. The van der Waals surface area contributed by atoms with Gasteiger partial charge < -0.3 is 10.2 Å². The highest BCUT2D eigenvalue weighted by atomic mass is 35.5. The fourth-order valence-electron chi connectivity index (χ4n) is 3.18. The number of nitrogens with zero attached hydrogens (tertiary/aromatic N) is 3. The van der Waals surface area contributed by atoms with Crippen LogP contribution in [0.3, 0.4) is 0 Å². The van der Waals surface area contributed by atoms with Crippen molar-refractivity contribution in [3.05, 3.63) is 63.9 Å². The van der Waals surface area contributed by atoms with Gasteiger partial charge in [0, 0.05) is 26.7 Å². The van der Waals surface area contributed by atoms with Gasteiger partial charge in [0.25, 0.3) is 0 Å². The van der Waals surface area contributed by atoms with E-state index in [0.29, 0.717) is 14.9 Å². The van der Waals surface area contributed by atoms with Gasteiger partial charge in [-0.3, -0.25) is 9.59 Å². The highest BCUT2D eigenvalue weighted by molar-refractivity contribution is 7.90. The summed E-state index contributed by atoms with van der Waals surface area (Å²) in [4.78, 5) is 27.5. The van der Waals surface area contributed by atoms with E-state index in [9.17, 15) is 22.4 Å². The number of para-hydroxylation sites is 1. The van der Waals surface area contributed by atoms with E-state index in [1.165, 1.54) is 44.1 Å². The molecule has 0 unspecified atom stereocenters. The molecule has 0 spiro atoms. The number of rotatable bonds is 10.